The molecule has 0 atom stereocenters. The van der Waals surface area contributed by atoms with Crippen LogP contribution >= 0.6 is 0 Å². The minimum atomic E-state index is -0.212. The third kappa shape index (κ3) is 2.48. The van der Waals surface area contributed by atoms with Crippen LogP contribution in [0.4, 0.5) is 0 Å². The number of amides is 1. The van der Waals surface area contributed by atoms with Gasteiger partial charge in [-0.3, -0.25) is 9.78 Å². The van der Waals surface area contributed by atoms with Gasteiger partial charge in [0.25, 0.3) is 5.91 Å². The third-order valence-corrected chi connectivity index (χ3v) is 2.94. The van der Waals surface area contributed by atoms with Crippen molar-refractivity contribution >= 4 is 5.91 Å². The van der Waals surface area contributed by atoms with E-state index in [-0.39, 0.29) is 5.91 Å². The molecule has 0 spiro atoms. The van der Waals surface area contributed by atoms with Crippen molar-refractivity contribution in [3.05, 3.63) is 41.0 Å². The highest BCUT2D eigenvalue weighted by atomic mass is 16.1. The van der Waals surface area contributed by atoms with Crippen LogP contribution in [0.25, 0.3) is 5.69 Å². The molecule has 2 aromatic heterocycles. The molecule has 0 radical (unpaired) electrons. The summed E-state index contributed by atoms with van der Waals surface area (Å²) in [4.78, 5) is 15.9. The normalized spacial score (nSPS) is 10.5. The van der Waals surface area contributed by atoms with E-state index in [1.54, 1.807) is 24.0 Å². The molecule has 0 saturated heterocycles. The topological polar surface area (TPSA) is 85.8 Å². The molecule has 0 bridgehead atoms. The Kier molecular flexibility index (Phi) is 3.62. The molecule has 6 heteroatoms. The fourth-order valence-corrected chi connectivity index (χ4v) is 2.00. The summed E-state index contributed by atoms with van der Waals surface area (Å²) in [7, 11) is 1.58. The Morgan fingerprint density at radius 3 is 2.84 bits per heavy atom. The summed E-state index contributed by atoms with van der Waals surface area (Å²) in [5, 5.41) is 6.81. The van der Waals surface area contributed by atoms with Crippen LogP contribution in [-0.2, 0) is 6.54 Å². The number of pyridine rings is 1. The Morgan fingerprint density at radius 2 is 2.21 bits per heavy atom. The van der Waals surface area contributed by atoms with E-state index < -0.39 is 0 Å². The van der Waals surface area contributed by atoms with Crippen molar-refractivity contribution in [2.75, 3.05) is 7.05 Å². The van der Waals surface area contributed by atoms with E-state index in [0.717, 1.165) is 22.6 Å². The Balaban J connectivity index is 2.52. The van der Waals surface area contributed by atoms with Crippen molar-refractivity contribution in [3.8, 4) is 5.69 Å². The average Bonchev–Trinajstić information content (AvgIpc) is 2.86. The average molecular weight is 259 g/mol. The monoisotopic (exact) mass is 259 g/mol. The zero-order valence-electron chi connectivity index (χ0n) is 11.3. The molecule has 2 aromatic rings. The number of hydrogen-bond donors (Lipinski definition) is 2. The third-order valence-electron chi connectivity index (χ3n) is 2.94. The van der Waals surface area contributed by atoms with Gasteiger partial charge < -0.3 is 11.1 Å². The molecule has 2 heterocycles. The largest absolute Gasteiger partial charge is 0.354 e. The van der Waals surface area contributed by atoms with Gasteiger partial charge in [-0.2, -0.15) is 5.10 Å². The zero-order chi connectivity index (χ0) is 14.0. The standard InChI is InChI=1S/C13H17N5O/c1-8-6-12(10(7-14)9(2)16-8)18-5-4-11(17-18)13(19)15-3/h4-6H,7,14H2,1-3H3,(H,15,19). The maximum absolute atomic E-state index is 11.5. The number of nitrogens with one attached hydrogen (secondary N) is 1. The van der Waals surface area contributed by atoms with Crippen LogP contribution in [0, 0.1) is 13.8 Å². The fraction of sp³-hybridized carbons (Fsp3) is 0.308. The molecule has 0 saturated carbocycles. The minimum Gasteiger partial charge on any atom is -0.354 e. The number of nitrogens with two attached hydrogens (primary N) is 1. The fourth-order valence-electron chi connectivity index (χ4n) is 2.00. The van der Waals surface area contributed by atoms with Crippen molar-refractivity contribution in [2.24, 2.45) is 5.73 Å². The molecule has 0 unspecified atom stereocenters. The van der Waals surface area contributed by atoms with Gasteiger partial charge in [0.15, 0.2) is 5.69 Å². The summed E-state index contributed by atoms with van der Waals surface area (Å²) in [5.74, 6) is -0.212. The van der Waals surface area contributed by atoms with Crippen LogP contribution in [0.5, 0.6) is 0 Å². The number of aryl methyl sites for hydroxylation is 2. The molecular weight excluding hydrogens is 242 g/mol. The molecular formula is C13H17N5O. The highest BCUT2D eigenvalue weighted by Gasteiger charge is 2.12. The van der Waals surface area contributed by atoms with E-state index in [2.05, 4.69) is 15.4 Å². The van der Waals surface area contributed by atoms with Gasteiger partial charge in [0.05, 0.1) is 5.69 Å². The van der Waals surface area contributed by atoms with Crippen LogP contribution in [0.3, 0.4) is 0 Å². The molecule has 0 aliphatic heterocycles. The second-order valence-electron chi connectivity index (χ2n) is 4.28. The summed E-state index contributed by atoms with van der Waals surface area (Å²) in [6.07, 6.45) is 1.75. The first-order valence-corrected chi connectivity index (χ1v) is 6.02. The van der Waals surface area contributed by atoms with Crippen LogP contribution in [0.2, 0.25) is 0 Å². The van der Waals surface area contributed by atoms with Gasteiger partial charge in [0, 0.05) is 36.7 Å². The molecule has 0 aliphatic rings. The lowest BCUT2D eigenvalue weighted by molar-refractivity contribution is 0.0957. The summed E-state index contributed by atoms with van der Waals surface area (Å²) in [6, 6.07) is 3.58. The first kappa shape index (κ1) is 13.2. The number of hydrogen-bond acceptors (Lipinski definition) is 4. The van der Waals surface area contributed by atoms with Crippen molar-refractivity contribution in [1.82, 2.24) is 20.1 Å². The van der Waals surface area contributed by atoms with Crippen molar-refractivity contribution in [3.63, 3.8) is 0 Å². The lowest BCUT2D eigenvalue weighted by Gasteiger charge is -2.11. The highest BCUT2D eigenvalue weighted by Crippen LogP contribution is 2.18. The van der Waals surface area contributed by atoms with Gasteiger partial charge in [-0.05, 0) is 26.0 Å². The molecule has 19 heavy (non-hydrogen) atoms. The number of aromatic nitrogens is 3. The van der Waals surface area contributed by atoms with E-state index >= 15 is 0 Å². The second-order valence-corrected chi connectivity index (χ2v) is 4.28. The van der Waals surface area contributed by atoms with E-state index in [9.17, 15) is 4.79 Å². The van der Waals surface area contributed by atoms with E-state index in [4.69, 9.17) is 5.73 Å². The highest BCUT2D eigenvalue weighted by molar-refractivity contribution is 5.91. The molecule has 0 fully saturated rings. The summed E-state index contributed by atoms with van der Waals surface area (Å²) in [6.45, 7) is 4.21. The smallest absolute Gasteiger partial charge is 0.271 e. The van der Waals surface area contributed by atoms with Crippen molar-refractivity contribution in [1.29, 1.82) is 0 Å². The zero-order valence-corrected chi connectivity index (χ0v) is 11.3. The van der Waals surface area contributed by atoms with E-state index in [1.807, 2.05) is 19.9 Å². The first-order valence-electron chi connectivity index (χ1n) is 6.02. The van der Waals surface area contributed by atoms with Crippen LogP contribution < -0.4 is 11.1 Å². The predicted octanol–water partition coefficient (Wildman–Crippen LogP) is 0.702. The number of carbonyl (C=O) groups is 1. The summed E-state index contributed by atoms with van der Waals surface area (Å²) >= 11 is 0. The predicted molar refractivity (Wildman–Crippen MR) is 72.1 cm³/mol. The first-order chi connectivity index (χ1) is 9.06. The molecule has 1 amide bonds. The van der Waals surface area contributed by atoms with Crippen LogP contribution in [0.15, 0.2) is 18.3 Å². The Bertz CT molecular complexity index is 617. The molecule has 0 aliphatic carbocycles. The Morgan fingerprint density at radius 1 is 1.47 bits per heavy atom. The second kappa shape index (κ2) is 5.19. The number of nitrogens with zero attached hydrogens (tertiary/aromatic N) is 3. The maximum Gasteiger partial charge on any atom is 0.271 e. The molecule has 0 aromatic carbocycles. The molecule has 2 rings (SSSR count). The number of carbonyl (C=O) groups excluding carboxylic acids is 1. The Labute approximate surface area is 111 Å². The van der Waals surface area contributed by atoms with Crippen molar-refractivity contribution < 1.29 is 4.79 Å². The summed E-state index contributed by atoms with van der Waals surface area (Å²) < 4.78 is 1.66. The van der Waals surface area contributed by atoms with Gasteiger partial charge in [0.2, 0.25) is 0 Å². The van der Waals surface area contributed by atoms with Gasteiger partial charge in [0.1, 0.15) is 0 Å². The number of rotatable bonds is 3. The van der Waals surface area contributed by atoms with Crippen molar-refractivity contribution in [2.45, 2.75) is 20.4 Å². The lowest BCUT2D eigenvalue weighted by Crippen LogP contribution is -2.18. The molecule has 3 N–H and O–H groups in total. The molecule has 100 valence electrons. The van der Waals surface area contributed by atoms with Gasteiger partial charge in [-0.15, -0.1) is 0 Å². The quantitative estimate of drug-likeness (QED) is 0.849. The lowest BCUT2D eigenvalue weighted by atomic mass is 10.1. The minimum absolute atomic E-state index is 0.212. The maximum atomic E-state index is 11.5. The summed E-state index contributed by atoms with van der Waals surface area (Å²) in [5.41, 5.74) is 9.71. The SMILES string of the molecule is CNC(=O)c1ccn(-c2cc(C)nc(C)c2CN)n1. The van der Waals surface area contributed by atoms with E-state index in [1.165, 1.54) is 0 Å². The van der Waals surface area contributed by atoms with Crippen LogP contribution in [0.1, 0.15) is 27.4 Å². The van der Waals surface area contributed by atoms with Gasteiger partial charge >= 0.3 is 0 Å². The molecule has 6 nitrogen and oxygen atoms in total. The van der Waals surface area contributed by atoms with Crippen LogP contribution in [-0.4, -0.2) is 27.7 Å². The van der Waals surface area contributed by atoms with Gasteiger partial charge in [-0.25, -0.2) is 4.68 Å². The Hall–Kier alpha value is -2.21. The van der Waals surface area contributed by atoms with E-state index in [0.29, 0.717) is 12.2 Å². The van der Waals surface area contributed by atoms with Gasteiger partial charge in [-0.1, -0.05) is 0 Å².